The number of rotatable bonds is 10. The molecule has 1 atom stereocenters. The fourth-order valence-electron chi connectivity index (χ4n) is 0.858. The second kappa shape index (κ2) is 9.54. The van der Waals surface area contributed by atoms with Gasteiger partial charge in [0.05, 0.1) is 12.5 Å². The molecule has 0 fully saturated rings. The molecule has 0 bridgehead atoms. The number of allylic oxidation sites excluding steroid dienone is 2. The molecule has 0 aliphatic carbocycles. The van der Waals surface area contributed by atoms with E-state index in [1.165, 1.54) is 18.6 Å². The Hall–Kier alpha value is -1.68. The minimum absolute atomic E-state index is 0.0287. The summed E-state index contributed by atoms with van der Waals surface area (Å²) in [5.74, 6) is -1.11. The van der Waals surface area contributed by atoms with Crippen LogP contribution in [0.25, 0.3) is 0 Å². The zero-order valence-electron chi connectivity index (χ0n) is 10.4. The van der Waals surface area contributed by atoms with Crippen LogP contribution in [0.15, 0.2) is 50.2 Å². The first-order chi connectivity index (χ1) is 8.24. The quantitative estimate of drug-likeness (QED) is 0.146. The molecular formula is C13H20O4. The van der Waals surface area contributed by atoms with Gasteiger partial charge in [-0.15, -0.1) is 0 Å². The predicted molar refractivity (Wildman–Crippen MR) is 66.6 cm³/mol. The van der Waals surface area contributed by atoms with Crippen LogP contribution >= 0.6 is 0 Å². The smallest absolute Gasteiger partial charge is 0.297 e. The van der Waals surface area contributed by atoms with Crippen molar-refractivity contribution in [1.82, 2.24) is 0 Å². The van der Waals surface area contributed by atoms with Gasteiger partial charge in [-0.1, -0.05) is 26.2 Å². The number of ether oxygens (including phenoxy) is 2. The predicted octanol–water partition coefficient (Wildman–Crippen LogP) is 3.45. The highest BCUT2D eigenvalue weighted by Gasteiger charge is 2.30. The van der Waals surface area contributed by atoms with Gasteiger partial charge in [-0.05, 0) is 25.5 Å². The Morgan fingerprint density at radius 2 is 1.88 bits per heavy atom. The third-order valence-electron chi connectivity index (χ3n) is 1.71. The van der Waals surface area contributed by atoms with Crippen molar-refractivity contribution in [3.63, 3.8) is 0 Å². The summed E-state index contributed by atoms with van der Waals surface area (Å²) in [5.41, 5.74) is 0. The summed E-state index contributed by atoms with van der Waals surface area (Å²) in [6.45, 7) is 10.9. The van der Waals surface area contributed by atoms with Gasteiger partial charge in [0.2, 0.25) is 0 Å². The summed E-state index contributed by atoms with van der Waals surface area (Å²) in [4.78, 5) is 9.44. The molecule has 0 aromatic rings. The van der Waals surface area contributed by atoms with Crippen molar-refractivity contribution >= 4 is 0 Å². The fourth-order valence-corrected chi connectivity index (χ4v) is 0.858. The van der Waals surface area contributed by atoms with Crippen LogP contribution in [0.2, 0.25) is 0 Å². The second-order valence-corrected chi connectivity index (χ2v) is 3.03. The van der Waals surface area contributed by atoms with E-state index in [2.05, 4.69) is 18.0 Å². The van der Waals surface area contributed by atoms with Gasteiger partial charge < -0.3 is 14.4 Å². The Morgan fingerprint density at radius 1 is 1.18 bits per heavy atom. The molecule has 0 saturated heterocycles. The highest BCUT2D eigenvalue weighted by Crippen LogP contribution is 2.17. The monoisotopic (exact) mass is 240 g/mol. The van der Waals surface area contributed by atoms with Crippen molar-refractivity contribution in [3.05, 3.63) is 50.2 Å². The standard InChI is InChI=1S/C13H20O4/c1-5-9-11-15-13(7-3,14-10-6-2)12-17-16-8-4/h6-11H,3-5,12H2,1-2H3. The molecule has 0 aromatic heterocycles. The van der Waals surface area contributed by atoms with Crippen LogP contribution < -0.4 is 0 Å². The fraction of sp³-hybridized carbons (Fsp3) is 0.385. The number of hydrogen-bond donors (Lipinski definition) is 0. The molecule has 0 heterocycles. The van der Waals surface area contributed by atoms with Crippen molar-refractivity contribution in [2.24, 2.45) is 0 Å². The summed E-state index contributed by atoms with van der Waals surface area (Å²) in [6, 6.07) is 0. The minimum atomic E-state index is -1.11. The van der Waals surface area contributed by atoms with Crippen molar-refractivity contribution in [1.29, 1.82) is 0 Å². The largest absolute Gasteiger partial charge is 0.455 e. The van der Waals surface area contributed by atoms with E-state index in [4.69, 9.17) is 14.4 Å². The minimum Gasteiger partial charge on any atom is -0.455 e. The van der Waals surface area contributed by atoms with E-state index in [9.17, 15) is 0 Å². The lowest BCUT2D eigenvalue weighted by molar-refractivity contribution is -0.303. The van der Waals surface area contributed by atoms with Gasteiger partial charge in [0.1, 0.15) is 6.26 Å². The third-order valence-corrected chi connectivity index (χ3v) is 1.71. The van der Waals surface area contributed by atoms with Gasteiger partial charge in [0.25, 0.3) is 5.79 Å². The van der Waals surface area contributed by atoms with Gasteiger partial charge in [0.15, 0.2) is 6.61 Å². The summed E-state index contributed by atoms with van der Waals surface area (Å²) >= 11 is 0. The number of hydrogen-bond acceptors (Lipinski definition) is 4. The van der Waals surface area contributed by atoms with Crippen LogP contribution in [0.1, 0.15) is 20.3 Å². The molecule has 0 aliphatic heterocycles. The van der Waals surface area contributed by atoms with E-state index < -0.39 is 5.79 Å². The van der Waals surface area contributed by atoms with Crippen LogP contribution in [0.4, 0.5) is 0 Å². The molecule has 0 saturated carbocycles. The summed E-state index contributed by atoms with van der Waals surface area (Å²) < 4.78 is 10.9. The lowest BCUT2D eigenvalue weighted by atomic mass is 10.3. The Kier molecular flexibility index (Phi) is 8.60. The lowest BCUT2D eigenvalue weighted by Gasteiger charge is -2.27. The first-order valence-corrected chi connectivity index (χ1v) is 5.39. The summed E-state index contributed by atoms with van der Waals surface area (Å²) in [6.07, 6.45) is 10.2. The van der Waals surface area contributed by atoms with E-state index in [1.54, 1.807) is 12.3 Å². The van der Waals surface area contributed by atoms with E-state index in [0.29, 0.717) is 0 Å². The highest BCUT2D eigenvalue weighted by atomic mass is 17.2. The van der Waals surface area contributed by atoms with E-state index in [0.717, 1.165) is 6.42 Å². The van der Waals surface area contributed by atoms with Crippen LogP contribution in [0, 0.1) is 0 Å². The highest BCUT2D eigenvalue weighted by molar-refractivity contribution is 4.94. The second-order valence-electron chi connectivity index (χ2n) is 3.03. The molecule has 0 radical (unpaired) electrons. The molecule has 0 spiro atoms. The zero-order valence-corrected chi connectivity index (χ0v) is 10.4. The lowest BCUT2D eigenvalue weighted by Crippen LogP contribution is -2.35. The molecule has 0 N–H and O–H groups in total. The SMILES string of the molecule is C=COOCC(C=C)(OC=CC)OC=CCC. The third kappa shape index (κ3) is 6.48. The molecule has 0 amide bonds. The van der Waals surface area contributed by atoms with Gasteiger partial charge >= 0.3 is 0 Å². The maximum atomic E-state index is 5.46. The Morgan fingerprint density at radius 3 is 2.41 bits per heavy atom. The normalized spacial score (nSPS) is 14.5. The van der Waals surface area contributed by atoms with Crippen molar-refractivity contribution in [2.75, 3.05) is 6.61 Å². The Labute approximate surface area is 103 Å². The topological polar surface area (TPSA) is 36.9 Å². The Balaban J connectivity index is 4.54. The maximum Gasteiger partial charge on any atom is 0.297 e. The van der Waals surface area contributed by atoms with Crippen LogP contribution in [0.5, 0.6) is 0 Å². The van der Waals surface area contributed by atoms with Gasteiger partial charge in [-0.2, -0.15) is 4.89 Å². The van der Waals surface area contributed by atoms with Gasteiger partial charge in [0, 0.05) is 0 Å². The van der Waals surface area contributed by atoms with E-state index in [-0.39, 0.29) is 6.61 Å². The molecule has 1 unspecified atom stereocenters. The Bertz CT molecular complexity index is 271. The molecule has 4 heteroatoms. The van der Waals surface area contributed by atoms with Crippen molar-refractivity contribution in [3.8, 4) is 0 Å². The summed E-state index contributed by atoms with van der Waals surface area (Å²) in [7, 11) is 0. The van der Waals surface area contributed by atoms with Crippen LogP contribution in [-0.4, -0.2) is 12.4 Å². The van der Waals surface area contributed by atoms with E-state index >= 15 is 0 Å². The average Bonchev–Trinajstić information content (AvgIpc) is 2.36. The molecule has 96 valence electrons. The molecule has 4 nitrogen and oxygen atoms in total. The average molecular weight is 240 g/mol. The molecule has 0 aromatic carbocycles. The molecular weight excluding hydrogens is 220 g/mol. The van der Waals surface area contributed by atoms with Crippen LogP contribution in [0.3, 0.4) is 0 Å². The van der Waals surface area contributed by atoms with E-state index in [1.807, 2.05) is 19.9 Å². The van der Waals surface area contributed by atoms with Crippen molar-refractivity contribution in [2.45, 2.75) is 26.1 Å². The van der Waals surface area contributed by atoms with Gasteiger partial charge in [-0.25, -0.2) is 0 Å². The van der Waals surface area contributed by atoms with Crippen LogP contribution in [-0.2, 0) is 19.2 Å². The first kappa shape index (κ1) is 15.3. The summed E-state index contributed by atoms with van der Waals surface area (Å²) in [5, 5.41) is 0. The zero-order chi connectivity index (χ0) is 13.0. The van der Waals surface area contributed by atoms with Crippen molar-refractivity contribution < 1.29 is 19.2 Å². The van der Waals surface area contributed by atoms with Gasteiger partial charge in [-0.3, -0.25) is 0 Å². The molecule has 17 heavy (non-hydrogen) atoms. The maximum absolute atomic E-state index is 5.46. The molecule has 0 rings (SSSR count). The molecule has 0 aliphatic rings. The first-order valence-electron chi connectivity index (χ1n) is 5.39.